The average molecular weight is 263 g/mol. The SMILES string of the molecule is CCCCCCCCCC.NCCc1ccccc1. The molecule has 110 valence electrons. The van der Waals surface area contributed by atoms with Crippen LogP contribution in [0.1, 0.15) is 70.8 Å². The smallest absolute Gasteiger partial charge is 0.00367 e. The van der Waals surface area contributed by atoms with Crippen LogP contribution in [0.25, 0.3) is 0 Å². The molecule has 1 rings (SSSR count). The second kappa shape index (κ2) is 15.2. The van der Waals surface area contributed by atoms with Gasteiger partial charge in [-0.3, -0.25) is 0 Å². The van der Waals surface area contributed by atoms with E-state index in [2.05, 4.69) is 26.0 Å². The fourth-order valence-electron chi connectivity index (χ4n) is 2.02. The Morgan fingerprint density at radius 1 is 0.737 bits per heavy atom. The molecule has 1 heteroatoms. The van der Waals surface area contributed by atoms with Crippen molar-refractivity contribution in [3.8, 4) is 0 Å². The van der Waals surface area contributed by atoms with Crippen molar-refractivity contribution >= 4 is 0 Å². The normalized spacial score (nSPS) is 9.84. The topological polar surface area (TPSA) is 26.0 Å². The van der Waals surface area contributed by atoms with E-state index >= 15 is 0 Å². The van der Waals surface area contributed by atoms with E-state index in [1.807, 2.05) is 18.2 Å². The van der Waals surface area contributed by atoms with E-state index in [-0.39, 0.29) is 0 Å². The molecule has 0 aliphatic heterocycles. The van der Waals surface area contributed by atoms with Crippen molar-refractivity contribution in [3.05, 3.63) is 35.9 Å². The van der Waals surface area contributed by atoms with E-state index in [1.165, 1.54) is 56.9 Å². The van der Waals surface area contributed by atoms with E-state index in [0.717, 1.165) is 13.0 Å². The molecule has 0 fully saturated rings. The minimum atomic E-state index is 0.740. The highest BCUT2D eigenvalue weighted by atomic mass is 14.5. The molecule has 0 spiro atoms. The van der Waals surface area contributed by atoms with Crippen molar-refractivity contribution in [3.63, 3.8) is 0 Å². The summed E-state index contributed by atoms with van der Waals surface area (Å²) in [6.45, 7) is 5.28. The van der Waals surface area contributed by atoms with Crippen molar-refractivity contribution in [2.45, 2.75) is 71.6 Å². The predicted octanol–water partition coefficient (Wildman–Crippen LogP) is 5.33. The number of rotatable bonds is 9. The molecule has 1 nitrogen and oxygen atoms in total. The van der Waals surface area contributed by atoms with Crippen LogP contribution < -0.4 is 5.73 Å². The summed E-state index contributed by atoms with van der Waals surface area (Å²) in [5.41, 5.74) is 6.68. The van der Waals surface area contributed by atoms with Crippen molar-refractivity contribution in [2.24, 2.45) is 5.73 Å². The lowest BCUT2D eigenvalue weighted by Crippen LogP contribution is -2.01. The molecular weight excluding hydrogens is 230 g/mol. The van der Waals surface area contributed by atoms with E-state index in [9.17, 15) is 0 Å². The second-order valence-electron chi connectivity index (χ2n) is 5.15. The zero-order chi connectivity index (χ0) is 14.2. The van der Waals surface area contributed by atoms with Crippen LogP contribution in [0.4, 0.5) is 0 Å². The summed E-state index contributed by atoms with van der Waals surface area (Å²) in [6, 6.07) is 10.3. The quantitative estimate of drug-likeness (QED) is 0.598. The Bertz CT molecular complexity index is 248. The van der Waals surface area contributed by atoms with Crippen LogP contribution in [-0.4, -0.2) is 6.54 Å². The van der Waals surface area contributed by atoms with E-state index in [1.54, 1.807) is 0 Å². The van der Waals surface area contributed by atoms with Gasteiger partial charge in [-0.05, 0) is 18.5 Å². The van der Waals surface area contributed by atoms with E-state index in [4.69, 9.17) is 5.73 Å². The molecule has 19 heavy (non-hydrogen) atoms. The summed E-state index contributed by atoms with van der Waals surface area (Å²) in [5, 5.41) is 0. The largest absolute Gasteiger partial charge is 0.330 e. The van der Waals surface area contributed by atoms with Crippen LogP contribution >= 0.6 is 0 Å². The number of unbranched alkanes of at least 4 members (excludes halogenated alkanes) is 7. The van der Waals surface area contributed by atoms with Gasteiger partial charge in [0, 0.05) is 0 Å². The van der Waals surface area contributed by atoms with Gasteiger partial charge in [-0.15, -0.1) is 0 Å². The maximum Gasteiger partial charge on any atom is -0.00367 e. The third-order valence-corrected chi connectivity index (χ3v) is 3.23. The first-order chi connectivity index (χ1) is 9.35. The summed E-state index contributed by atoms with van der Waals surface area (Å²) >= 11 is 0. The van der Waals surface area contributed by atoms with Gasteiger partial charge in [-0.1, -0.05) is 95.5 Å². The average Bonchev–Trinajstić information content (AvgIpc) is 2.45. The summed E-state index contributed by atoms with van der Waals surface area (Å²) < 4.78 is 0. The first-order valence-electron chi connectivity index (χ1n) is 8.09. The second-order valence-corrected chi connectivity index (χ2v) is 5.15. The van der Waals surface area contributed by atoms with Crippen LogP contribution in [-0.2, 0) is 6.42 Å². The highest BCUT2D eigenvalue weighted by Crippen LogP contribution is 2.07. The van der Waals surface area contributed by atoms with Gasteiger partial charge in [0.2, 0.25) is 0 Å². The first-order valence-corrected chi connectivity index (χ1v) is 8.09. The van der Waals surface area contributed by atoms with Crippen molar-refractivity contribution in [2.75, 3.05) is 6.54 Å². The molecule has 0 saturated carbocycles. The molecule has 1 aromatic rings. The fourth-order valence-corrected chi connectivity index (χ4v) is 2.02. The molecule has 0 aliphatic carbocycles. The molecule has 0 bridgehead atoms. The maximum absolute atomic E-state index is 5.36. The molecular formula is C18H33N. The number of benzene rings is 1. The summed E-state index contributed by atoms with van der Waals surface area (Å²) in [4.78, 5) is 0. The van der Waals surface area contributed by atoms with E-state index in [0.29, 0.717) is 0 Å². The zero-order valence-electron chi connectivity index (χ0n) is 13.0. The third kappa shape index (κ3) is 13.4. The summed E-state index contributed by atoms with van der Waals surface area (Å²) in [7, 11) is 0. The van der Waals surface area contributed by atoms with Gasteiger partial charge >= 0.3 is 0 Å². The van der Waals surface area contributed by atoms with Gasteiger partial charge in [0.25, 0.3) is 0 Å². The minimum absolute atomic E-state index is 0.740. The van der Waals surface area contributed by atoms with Gasteiger partial charge < -0.3 is 5.73 Å². The lowest BCUT2D eigenvalue weighted by molar-refractivity contribution is 0.585. The monoisotopic (exact) mass is 263 g/mol. The highest BCUT2D eigenvalue weighted by Gasteiger charge is 1.87. The summed E-state index contributed by atoms with van der Waals surface area (Å²) in [6.07, 6.45) is 12.4. The fraction of sp³-hybridized carbons (Fsp3) is 0.667. The van der Waals surface area contributed by atoms with E-state index < -0.39 is 0 Å². The van der Waals surface area contributed by atoms with Crippen LogP contribution in [0.5, 0.6) is 0 Å². The highest BCUT2D eigenvalue weighted by molar-refractivity contribution is 5.14. The Labute approximate surface area is 120 Å². The molecule has 0 heterocycles. The molecule has 2 N–H and O–H groups in total. The van der Waals surface area contributed by atoms with Gasteiger partial charge in [-0.2, -0.15) is 0 Å². The molecule has 0 aliphatic rings. The maximum atomic E-state index is 5.36. The van der Waals surface area contributed by atoms with Gasteiger partial charge in [0.1, 0.15) is 0 Å². The molecule has 0 amide bonds. The third-order valence-electron chi connectivity index (χ3n) is 3.23. The van der Waals surface area contributed by atoms with Gasteiger partial charge in [-0.25, -0.2) is 0 Å². The molecule has 0 unspecified atom stereocenters. The minimum Gasteiger partial charge on any atom is -0.330 e. The number of hydrogen-bond donors (Lipinski definition) is 1. The predicted molar refractivity (Wildman–Crippen MR) is 87.5 cm³/mol. The molecule has 0 radical (unpaired) electrons. The van der Waals surface area contributed by atoms with Crippen molar-refractivity contribution in [1.29, 1.82) is 0 Å². The standard InChI is InChI=1S/C10H22.C8H11N/c1-3-5-7-9-10-8-6-4-2;9-7-6-8-4-2-1-3-5-8/h3-10H2,1-2H3;1-5H,6-7,9H2. The number of hydrogen-bond acceptors (Lipinski definition) is 1. The molecule has 0 saturated heterocycles. The Balaban J connectivity index is 0.000000342. The lowest BCUT2D eigenvalue weighted by Gasteiger charge is -1.97. The first kappa shape index (κ1) is 18.2. The van der Waals surface area contributed by atoms with Crippen LogP contribution in [0.2, 0.25) is 0 Å². The lowest BCUT2D eigenvalue weighted by atomic mass is 10.1. The molecule has 0 aromatic heterocycles. The molecule has 1 aromatic carbocycles. The van der Waals surface area contributed by atoms with Crippen LogP contribution in [0.3, 0.4) is 0 Å². The number of nitrogens with two attached hydrogens (primary N) is 1. The Morgan fingerprint density at radius 2 is 1.21 bits per heavy atom. The van der Waals surface area contributed by atoms with Gasteiger partial charge in [0.05, 0.1) is 0 Å². The summed E-state index contributed by atoms with van der Waals surface area (Å²) in [5.74, 6) is 0. The molecule has 0 atom stereocenters. The Kier molecular flexibility index (Phi) is 14.6. The van der Waals surface area contributed by atoms with Crippen LogP contribution in [0, 0.1) is 0 Å². The zero-order valence-corrected chi connectivity index (χ0v) is 13.0. The van der Waals surface area contributed by atoms with Gasteiger partial charge in [0.15, 0.2) is 0 Å². The van der Waals surface area contributed by atoms with Crippen molar-refractivity contribution in [1.82, 2.24) is 0 Å². The Morgan fingerprint density at radius 3 is 1.63 bits per heavy atom. The van der Waals surface area contributed by atoms with Crippen molar-refractivity contribution < 1.29 is 0 Å². The van der Waals surface area contributed by atoms with Crippen LogP contribution in [0.15, 0.2) is 30.3 Å². The Hall–Kier alpha value is -0.820.